The first-order chi connectivity index (χ1) is 17.1. The van der Waals surface area contributed by atoms with Gasteiger partial charge in [-0.25, -0.2) is 4.68 Å². The van der Waals surface area contributed by atoms with E-state index in [-0.39, 0.29) is 41.4 Å². The zero-order valence-electron chi connectivity index (χ0n) is 19.1. The Bertz CT molecular complexity index is 1360. The van der Waals surface area contributed by atoms with E-state index in [4.69, 9.17) is 5.73 Å². The van der Waals surface area contributed by atoms with E-state index in [0.29, 0.717) is 24.3 Å². The van der Waals surface area contributed by atoms with Crippen LogP contribution in [0.5, 0.6) is 0 Å². The lowest BCUT2D eigenvalue weighted by molar-refractivity contribution is -0.142. The van der Waals surface area contributed by atoms with Gasteiger partial charge in [-0.1, -0.05) is 6.07 Å². The van der Waals surface area contributed by atoms with Gasteiger partial charge in [-0.3, -0.25) is 14.4 Å². The molecule has 0 spiro atoms. The highest BCUT2D eigenvalue weighted by molar-refractivity contribution is 6.08. The third-order valence-corrected chi connectivity index (χ3v) is 6.46. The molecule has 3 heterocycles. The maximum absolute atomic E-state index is 13.8. The molecule has 3 aromatic rings. The number of anilines is 2. The number of rotatable bonds is 4. The minimum Gasteiger partial charge on any atom is -0.366 e. The second-order valence-corrected chi connectivity index (χ2v) is 8.73. The van der Waals surface area contributed by atoms with Crippen LogP contribution in [-0.4, -0.2) is 40.6 Å². The Balaban J connectivity index is 1.53. The Morgan fingerprint density at radius 2 is 1.58 bits per heavy atom. The molecule has 5 rings (SSSR count). The molecular weight excluding hydrogens is 475 g/mol. The molecule has 2 aliphatic rings. The minimum atomic E-state index is -4.76. The van der Waals surface area contributed by atoms with Crippen LogP contribution in [-0.2, 0) is 17.4 Å². The molecule has 0 radical (unpaired) electrons. The van der Waals surface area contributed by atoms with Crippen molar-refractivity contribution < 1.29 is 27.6 Å². The van der Waals surface area contributed by atoms with Gasteiger partial charge in [-0.2, -0.15) is 18.3 Å². The van der Waals surface area contributed by atoms with Crippen molar-refractivity contribution in [3.63, 3.8) is 0 Å². The van der Waals surface area contributed by atoms with Gasteiger partial charge in [0.2, 0.25) is 11.8 Å². The number of halogens is 3. The fourth-order valence-corrected chi connectivity index (χ4v) is 4.70. The molecule has 11 heteroatoms. The summed E-state index contributed by atoms with van der Waals surface area (Å²) in [5.74, 6) is -1.37. The Kier molecular flexibility index (Phi) is 5.77. The van der Waals surface area contributed by atoms with Crippen LogP contribution in [0.15, 0.2) is 48.5 Å². The standard InChI is InChI=1S/C25H22F3N5O3/c26-25(27,28)22-19-11-13-32(17-9-7-16(8-10-17)31-12-2-1-6-20(31)34)24(36)21(19)33(30-22)18-5-3-4-15(14-18)23(29)35/h3-5,7-10,14H,1-2,6,11-13H2,(H2,29,35). The predicted octanol–water partition coefficient (Wildman–Crippen LogP) is 3.71. The van der Waals surface area contributed by atoms with Crippen LogP contribution in [0, 0.1) is 0 Å². The molecule has 0 atom stereocenters. The lowest BCUT2D eigenvalue weighted by Gasteiger charge is -2.30. The van der Waals surface area contributed by atoms with Gasteiger partial charge in [0, 0.05) is 42.0 Å². The zero-order chi connectivity index (χ0) is 25.6. The molecule has 0 bridgehead atoms. The van der Waals surface area contributed by atoms with Crippen molar-refractivity contribution in [1.82, 2.24) is 9.78 Å². The molecule has 1 saturated heterocycles. The summed E-state index contributed by atoms with van der Waals surface area (Å²) in [6, 6.07) is 12.5. The zero-order valence-corrected chi connectivity index (χ0v) is 19.1. The molecule has 36 heavy (non-hydrogen) atoms. The molecule has 3 amide bonds. The fraction of sp³-hybridized carbons (Fsp3) is 0.280. The van der Waals surface area contributed by atoms with Crippen LogP contribution in [0.3, 0.4) is 0 Å². The molecule has 8 nitrogen and oxygen atoms in total. The van der Waals surface area contributed by atoms with Gasteiger partial charge in [0.15, 0.2) is 5.69 Å². The van der Waals surface area contributed by atoms with Crippen LogP contribution in [0.1, 0.15) is 51.4 Å². The number of alkyl halides is 3. The van der Waals surface area contributed by atoms with Crippen molar-refractivity contribution in [3.8, 4) is 5.69 Å². The number of nitrogens with two attached hydrogens (primary N) is 1. The normalized spacial score (nSPS) is 16.3. The van der Waals surface area contributed by atoms with E-state index >= 15 is 0 Å². The summed E-state index contributed by atoms with van der Waals surface area (Å²) in [6.07, 6.45) is -2.57. The van der Waals surface area contributed by atoms with Crippen LogP contribution >= 0.6 is 0 Å². The highest BCUT2D eigenvalue weighted by Crippen LogP contribution is 2.37. The summed E-state index contributed by atoms with van der Waals surface area (Å²) in [6.45, 7) is 0.651. The van der Waals surface area contributed by atoms with Crippen molar-refractivity contribution in [1.29, 1.82) is 0 Å². The monoisotopic (exact) mass is 497 g/mol. The van der Waals surface area contributed by atoms with E-state index in [1.807, 2.05) is 0 Å². The van der Waals surface area contributed by atoms with Crippen molar-refractivity contribution in [3.05, 3.63) is 71.0 Å². The summed E-state index contributed by atoms with van der Waals surface area (Å²) in [5, 5.41) is 3.74. The van der Waals surface area contributed by atoms with Crippen LogP contribution in [0.2, 0.25) is 0 Å². The van der Waals surface area contributed by atoms with E-state index in [1.54, 1.807) is 29.2 Å². The smallest absolute Gasteiger partial charge is 0.366 e. The lowest BCUT2D eigenvalue weighted by Crippen LogP contribution is -2.39. The van der Waals surface area contributed by atoms with Gasteiger partial charge in [0.1, 0.15) is 5.69 Å². The molecule has 0 saturated carbocycles. The second kappa shape index (κ2) is 8.81. The largest absolute Gasteiger partial charge is 0.435 e. The minimum absolute atomic E-state index is 0.0317. The van der Waals surface area contributed by atoms with E-state index in [0.717, 1.165) is 17.5 Å². The number of nitrogens with zero attached hydrogens (tertiary/aromatic N) is 4. The quantitative estimate of drug-likeness (QED) is 0.594. The highest BCUT2D eigenvalue weighted by atomic mass is 19.4. The van der Waals surface area contributed by atoms with Crippen LogP contribution in [0.4, 0.5) is 24.5 Å². The van der Waals surface area contributed by atoms with Gasteiger partial charge in [-0.05, 0) is 61.7 Å². The third kappa shape index (κ3) is 4.10. The number of amides is 3. The Morgan fingerprint density at radius 1 is 0.889 bits per heavy atom. The van der Waals surface area contributed by atoms with E-state index in [1.165, 1.54) is 29.2 Å². The van der Waals surface area contributed by atoms with Crippen molar-refractivity contribution in [2.24, 2.45) is 5.73 Å². The van der Waals surface area contributed by atoms with Gasteiger partial charge in [-0.15, -0.1) is 0 Å². The maximum atomic E-state index is 13.8. The Hall–Kier alpha value is -4.15. The van der Waals surface area contributed by atoms with Crippen molar-refractivity contribution in [2.45, 2.75) is 31.9 Å². The first-order valence-corrected chi connectivity index (χ1v) is 11.5. The Labute approximate surface area is 204 Å². The topological polar surface area (TPSA) is 102 Å². The van der Waals surface area contributed by atoms with Gasteiger partial charge >= 0.3 is 6.18 Å². The summed E-state index contributed by atoms with van der Waals surface area (Å²) in [7, 11) is 0. The second-order valence-electron chi connectivity index (χ2n) is 8.73. The summed E-state index contributed by atoms with van der Waals surface area (Å²) >= 11 is 0. The maximum Gasteiger partial charge on any atom is 0.435 e. The third-order valence-electron chi connectivity index (χ3n) is 6.46. The number of piperidine rings is 1. The molecule has 1 fully saturated rings. The molecular formula is C25H22F3N5O3. The van der Waals surface area contributed by atoms with E-state index < -0.39 is 23.7 Å². The number of aromatic nitrogens is 2. The fourth-order valence-electron chi connectivity index (χ4n) is 4.70. The number of primary amides is 1. The van der Waals surface area contributed by atoms with Crippen LogP contribution in [0.25, 0.3) is 5.69 Å². The molecule has 0 unspecified atom stereocenters. The molecule has 1 aromatic heterocycles. The highest BCUT2D eigenvalue weighted by Gasteiger charge is 2.43. The SMILES string of the molecule is NC(=O)c1cccc(-n2nc(C(F)(F)F)c3c2C(=O)N(c2ccc(N4CCCCC4=O)cc2)CC3)c1. The summed E-state index contributed by atoms with van der Waals surface area (Å²) in [5.41, 5.74) is 5.18. The van der Waals surface area contributed by atoms with E-state index in [9.17, 15) is 27.6 Å². The first-order valence-electron chi connectivity index (χ1n) is 11.5. The van der Waals surface area contributed by atoms with Crippen LogP contribution < -0.4 is 15.5 Å². The van der Waals surface area contributed by atoms with Crippen molar-refractivity contribution in [2.75, 3.05) is 22.9 Å². The van der Waals surface area contributed by atoms with Crippen molar-refractivity contribution >= 4 is 29.1 Å². The molecule has 2 aliphatic heterocycles. The molecule has 0 aliphatic carbocycles. The summed E-state index contributed by atoms with van der Waals surface area (Å²) in [4.78, 5) is 40.5. The van der Waals surface area contributed by atoms with Gasteiger partial charge in [0.25, 0.3) is 5.91 Å². The predicted molar refractivity (Wildman–Crippen MR) is 125 cm³/mol. The number of fused-ring (bicyclic) bond motifs is 1. The number of hydrogen-bond donors (Lipinski definition) is 1. The molecule has 2 aromatic carbocycles. The van der Waals surface area contributed by atoms with Gasteiger partial charge < -0.3 is 15.5 Å². The summed E-state index contributed by atoms with van der Waals surface area (Å²) < 4.78 is 42.3. The Morgan fingerprint density at radius 3 is 2.22 bits per heavy atom. The average molecular weight is 497 g/mol. The molecule has 2 N–H and O–H groups in total. The van der Waals surface area contributed by atoms with Gasteiger partial charge in [0.05, 0.1) is 5.69 Å². The average Bonchev–Trinajstić information content (AvgIpc) is 3.26. The number of carbonyl (C=O) groups excluding carboxylic acids is 3. The number of hydrogen-bond acceptors (Lipinski definition) is 4. The van der Waals surface area contributed by atoms with E-state index in [2.05, 4.69) is 5.10 Å². The number of benzene rings is 2. The lowest BCUT2D eigenvalue weighted by atomic mass is 10.0. The first kappa shape index (κ1) is 23.6. The molecule has 186 valence electrons. The number of carbonyl (C=O) groups is 3.